The molecule has 112 valence electrons. The maximum atomic E-state index is 5.75. The number of nitrogens with one attached hydrogen (secondary N) is 3. The van der Waals surface area contributed by atoms with Gasteiger partial charge in [0.05, 0.1) is 0 Å². The third kappa shape index (κ3) is 3.82. The largest absolute Gasteiger partial charge is 0.384 e. The second-order valence-corrected chi connectivity index (χ2v) is 5.64. The molecule has 1 aromatic rings. The van der Waals surface area contributed by atoms with E-state index in [0.29, 0.717) is 23.8 Å². The summed E-state index contributed by atoms with van der Waals surface area (Å²) >= 11 is 0. The van der Waals surface area contributed by atoms with E-state index in [4.69, 9.17) is 5.73 Å². The first-order valence-corrected chi connectivity index (χ1v) is 7.20. The Bertz CT molecular complexity index is 422. The van der Waals surface area contributed by atoms with Crippen LogP contribution in [0.25, 0.3) is 0 Å². The minimum Gasteiger partial charge on any atom is -0.384 e. The fourth-order valence-electron chi connectivity index (χ4n) is 3.12. The highest BCUT2D eigenvalue weighted by Gasteiger charge is 2.30. The van der Waals surface area contributed by atoms with Gasteiger partial charge in [0, 0.05) is 30.9 Å². The number of rotatable bonds is 4. The number of aromatic nitrogens is 1. The Morgan fingerprint density at radius 1 is 1.25 bits per heavy atom. The molecule has 2 saturated heterocycles. The number of nitrogen functional groups attached to an aromatic ring is 1. The summed E-state index contributed by atoms with van der Waals surface area (Å²) < 4.78 is 0. The highest BCUT2D eigenvalue weighted by Crippen LogP contribution is 2.17. The molecule has 5 nitrogen and oxygen atoms in total. The maximum absolute atomic E-state index is 5.75. The summed E-state index contributed by atoms with van der Waals surface area (Å²) in [7, 11) is 0. The molecule has 3 atom stereocenters. The van der Waals surface area contributed by atoms with Crippen LogP contribution < -0.4 is 21.7 Å². The van der Waals surface area contributed by atoms with E-state index in [1.165, 1.54) is 6.42 Å². The van der Waals surface area contributed by atoms with E-state index >= 15 is 0 Å². The first kappa shape index (κ1) is 15.5. The number of nitrogens with zero attached hydrogens (tertiary/aromatic N) is 1. The quantitative estimate of drug-likeness (QED) is 0.637. The van der Waals surface area contributed by atoms with Gasteiger partial charge < -0.3 is 21.7 Å². The summed E-state index contributed by atoms with van der Waals surface area (Å²) in [6, 6.07) is 7.08. The van der Waals surface area contributed by atoms with Gasteiger partial charge in [0.2, 0.25) is 0 Å². The van der Waals surface area contributed by atoms with Crippen LogP contribution in [0.2, 0.25) is 0 Å². The smallest absolute Gasteiger partial charge is 0.123 e. The van der Waals surface area contributed by atoms with Gasteiger partial charge >= 0.3 is 0 Å². The Morgan fingerprint density at radius 3 is 2.90 bits per heavy atom. The molecule has 0 bridgehead atoms. The number of halogens is 1. The molecule has 5 N–H and O–H groups in total. The summed E-state index contributed by atoms with van der Waals surface area (Å²) in [4.78, 5) is 4.41. The molecule has 3 heterocycles. The molecule has 0 saturated carbocycles. The molecule has 20 heavy (non-hydrogen) atoms. The summed E-state index contributed by atoms with van der Waals surface area (Å²) in [5, 5.41) is 10.7. The minimum absolute atomic E-state index is 0. The molecule has 2 fully saturated rings. The Kier molecular flexibility index (Phi) is 5.60. The Balaban J connectivity index is 0.00000147. The maximum Gasteiger partial charge on any atom is 0.123 e. The molecular weight excluding hydrogens is 274 g/mol. The van der Waals surface area contributed by atoms with E-state index < -0.39 is 0 Å². The third-order valence-electron chi connectivity index (χ3n) is 4.15. The van der Waals surface area contributed by atoms with Gasteiger partial charge in [-0.3, -0.25) is 0 Å². The molecule has 2 aliphatic heterocycles. The average molecular weight is 298 g/mol. The Morgan fingerprint density at radius 2 is 2.15 bits per heavy atom. The second kappa shape index (κ2) is 7.22. The van der Waals surface area contributed by atoms with Crippen LogP contribution in [0.1, 0.15) is 12.1 Å². The number of pyridine rings is 1. The lowest BCUT2D eigenvalue weighted by Crippen LogP contribution is -2.44. The first-order valence-electron chi connectivity index (χ1n) is 7.20. The van der Waals surface area contributed by atoms with Crippen molar-refractivity contribution in [2.45, 2.75) is 24.9 Å². The first-order chi connectivity index (χ1) is 9.31. The fourth-order valence-corrected chi connectivity index (χ4v) is 3.12. The predicted octanol–water partition coefficient (Wildman–Crippen LogP) is 0.168. The van der Waals surface area contributed by atoms with Gasteiger partial charge in [-0.05, 0) is 44.0 Å². The van der Waals surface area contributed by atoms with E-state index in [1.54, 1.807) is 0 Å². The van der Waals surface area contributed by atoms with E-state index in [0.717, 1.165) is 38.3 Å². The number of hydrogen-bond donors (Lipinski definition) is 4. The van der Waals surface area contributed by atoms with Crippen LogP contribution in [0.3, 0.4) is 0 Å². The van der Waals surface area contributed by atoms with Crippen molar-refractivity contribution in [2.24, 2.45) is 5.92 Å². The van der Waals surface area contributed by atoms with Gasteiger partial charge in [-0.25, -0.2) is 4.98 Å². The highest BCUT2D eigenvalue weighted by molar-refractivity contribution is 5.85. The van der Waals surface area contributed by atoms with E-state index in [1.807, 2.05) is 12.1 Å². The highest BCUT2D eigenvalue weighted by atomic mass is 35.5. The van der Waals surface area contributed by atoms with Gasteiger partial charge in [-0.1, -0.05) is 6.07 Å². The van der Waals surface area contributed by atoms with Crippen LogP contribution in [-0.4, -0.2) is 43.2 Å². The molecule has 0 aliphatic carbocycles. The van der Waals surface area contributed by atoms with E-state index in [2.05, 4.69) is 27.0 Å². The van der Waals surface area contributed by atoms with Crippen molar-refractivity contribution in [1.82, 2.24) is 20.9 Å². The predicted molar refractivity (Wildman–Crippen MR) is 84.2 cm³/mol. The van der Waals surface area contributed by atoms with Crippen molar-refractivity contribution in [3.05, 3.63) is 23.9 Å². The topological polar surface area (TPSA) is 75.0 Å². The molecule has 0 aromatic carbocycles. The zero-order chi connectivity index (χ0) is 13.1. The summed E-state index contributed by atoms with van der Waals surface area (Å²) in [6.07, 6.45) is 2.23. The molecule has 1 aromatic heterocycles. The lowest BCUT2D eigenvalue weighted by molar-refractivity contribution is 0.381. The normalized spacial score (nSPS) is 29.3. The van der Waals surface area contributed by atoms with E-state index in [9.17, 15) is 0 Å². The minimum atomic E-state index is 0. The average Bonchev–Trinajstić information content (AvgIpc) is 3.03. The molecule has 0 spiro atoms. The van der Waals surface area contributed by atoms with Crippen LogP contribution in [0.5, 0.6) is 0 Å². The van der Waals surface area contributed by atoms with Crippen molar-refractivity contribution in [3.63, 3.8) is 0 Å². The third-order valence-corrected chi connectivity index (χ3v) is 4.15. The summed E-state index contributed by atoms with van der Waals surface area (Å²) in [6.45, 7) is 4.36. The molecule has 3 rings (SSSR count). The second-order valence-electron chi connectivity index (χ2n) is 5.64. The lowest BCUT2D eigenvalue weighted by Gasteiger charge is -2.23. The van der Waals surface area contributed by atoms with Crippen molar-refractivity contribution in [2.75, 3.05) is 31.9 Å². The van der Waals surface area contributed by atoms with E-state index in [-0.39, 0.29) is 12.4 Å². The van der Waals surface area contributed by atoms with Crippen LogP contribution in [0.15, 0.2) is 18.2 Å². The Hall–Kier alpha value is -0.880. The van der Waals surface area contributed by atoms with Crippen molar-refractivity contribution in [3.8, 4) is 0 Å². The van der Waals surface area contributed by atoms with Crippen LogP contribution in [0.4, 0.5) is 5.82 Å². The van der Waals surface area contributed by atoms with Gasteiger partial charge in [-0.15, -0.1) is 12.4 Å². The van der Waals surface area contributed by atoms with Gasteiger partial charge in [0.1, 0.15) is 5.82 Å². The number of anilines is 1. The zero-order valence-electron chi connectivity index (χ0n) is 11.6. The number of nitrogens with two attached hydrogens (primary N) is 1. The summed E-state index contributed by atoms with van der Waals surface area (Å²) in [5.74, 6) is 1.22. The molecule has 6 heteroatoms. The van der Waals surface area contributed by atoms with Gasteiger partial charge in [0.15, 0.2) is 0 Å². The van der Waals surface area contributed by atoms with Crippen molar-refractivity contribution in [1.29, 1.82) is 0 Å². The molecule has 2 aliphatic rings. The fraction of sp³-hybridized carbons (Fsp3) is 0.643. The van der Waals surface area contributed by atoms with Crippen molar-refractivity contribution < 1.29 is 0 Å². The van der Waals surface area contributed by atoms with Crippen LogP contribution in [0, 0.1) is 5.92 Å². The zero-order valence-corrected chi connectivity index (χ0v) is 12.5. The molecule has 0 radical (unpaired) electrons. The Labute approximate surface area is 126 Å². The molecule has 0 amide bonds. The SMILES string of the molecule is Cl.Nc1cccc(C[C@H]2CNC[C@@H]2N[C@@H]2CCNC2)n1. The molecule has 0 unspecified atom stereocenters. The molecular formula is C14H24ClN5. The van der Waals surface area contributed by atoms with Crippen LogP contribution >= 0.6 is 12.4 Å². The lowest BCUT2D eigenvalue weighted by atomic mass is 9.96. The van der Waals surface area contributed by atoms with Gasteiger partial charge in [-0.2, -0.15) is 0 Å². The van der Waals surface area contributed by atoms with Crippen molar-refractivity contribution >= 4 is 18.2 Å². The van der Waals surface area contributed by atoms with Crippen LogP contribution in [-0.2, 0) is 6.42 Å². The standard InChI is InChI=1S/C14H23N5.ClH/c15-14-3-1-2-11(19-14)6-10-7-17-9-13(10)18-12-4-5-16-8-12;/h1-3,10,12-13,16-18H,4-9H2,(H2,15,19);1H/t10-,12+,13-;/m0./s1. The monoisotopic (exact) mass is 297 g/mol. The van der Waals surface area contributed by atoms with Gasteiger partial charge in [0.25, 0.3) is 0 Å². The number of hydrogen-bond acceptors (Lipinski definition) is 5. The summed E-state index contributed by atoms with van der Waals surface area (Å²) in [5.41, 5.74) is 6.85.